The van der Waals surface area contributed by atoms with E-state index < -0.39 is 0 Å². The highest BCUT2D eigenvalue weighted by molar-refractivity contribution is 5.93. The largest absolute Gasteiger partial charge is 0.352 e. The molecule has 6 heteroatoms. The molecule has 2 rings (SSSR count). The molecule has 116 valence electrons. The number of hydrogen-bond donors (Lipinski definition) is 2. The Morgan fingerprint density at radius 3 is 2.64 bits per heavy atom. The van der Waals surface area contributed by atoms with Crippen molar-refractivity contribution < 1.29 is 9.18 Å². The molecule has 1 aromatic heterocycles. The molecule has 0 saturated carbocycles. The Morgan fingerprint density at radius 1 is 1.23 bits per heavy atom. The summed E-state index contributed by atoms with van der Waals surface area (Å²) in [7, 11) is 0. The maximum absolute atomic E-state index is 13.5. The van der Waals surface area contributed by atoms with Gasteiger partial charge >= 0.3 is 0 Å². The van der Waals surface area contributed by atoms with Crippen LogP contribution in [-0.4, -0.2) is 22.4 Å². The van der Waals surface area contributed by atoms with Gasteiger partial charge in [-0.05, 0) is 12.5 Å². The first kappa shape index (κ1) is 15.9. The summed E-state index contributed by atoms with van der Waals surface area (Å²) in [5, 5.41) is 5.72. The molecule has 0 aliphatic carbocycles. The standard InChI is InChI=1S/C16H19FN4O/c1-2-3-8-18-15(22)13-10-20-16(21-11-13)19-9-12-6-4-5-7-14(12)17/h4-7,10-11H,2-3,8-9H2,1H3,(H,18,22)(H,19,20,21). The molecule has 22 heavy (non-hydrogen) atoms. The van der Waals surface area contributed by atoms with Gasteiger partial charge in [-0.2, -0.15) is 0 Å². The molecule has 1 aromatic carbocycles. The molecule has 0 aliphatic heterocycles. The molecule has 0 bridgehead atoms. The van der Waals surface area contributed by atoms with Crippen LogP contribution in [0.4, 0.5) is 10.3 Å². The predicted octanol–water partition coefficient (Wildman–Crippen LogP) is 2.76. The zero-order chi connectivity index (χ0) is 15.8. The highest BCUT2D eigenvalue weighted by atomic mass is 19.1. The molecule has 0 aliphatic rings. The number of anilines is 1. The molecule has 0 fully saturated rings. The lowest BCUT2D eigenvalue weighted by atomic mass is 10.2. The smallest absolute Gasteiger partial charge is 0.254 e. The van der Waals surface area contributed by atoms with Crippen molar-refractivity contribution in [3.05, 3.63) is 53.6 Å². The van der Waals surface area contributed by atoms with Crippen molar-refractivity contribution in [1.29, 1.82) is 0 Å². The second kappa shape index (κ2) is 8.07. The zero-order valence-electron chi connectivity index (χ0n) is 12.5. The number of halogens is 1. The summed E-state index contributed by atoms with van der Waals surface area (Å²) in [5.74, 6) is -0.107. The zero-order valence-corrected chi connectivity index (χ0v) is 12.5. The van der Waals surface area contributed by atoms with E-state index in [4.69, 9.17) is 0 Å². The van der Waals surface area contributed by atoms with E-state index in [0.29, 0.717) is 23.6 Å². The van der Waals surface area contributed by atoms with E-state index in [-0.39, 0.29) is 18.3 Å². The van der Waals surface area contributed by atoms with Gasteiger partial charge < -0.3 is 10.6 Å². The molecule has 1 heterocycles. The molecule has 2 N–H and O–H groups in total. The van der Waals surface area contributed by atoms with Crippen molar-refractivity contribution in [3.8, 4) is 0 Å². The molecule has 0 unspecified atom stereocenters. The van der Waals surface area contributed by atoms with Gasteiger partial charge in [-0.3, -0.25) is 4.79 Å². The molecule has 0 saturated heterocycles. The topological polar surface area (TPSA) is 66.9 Å². The molecule has 1 amide bonds. The number of unbranched alkanes of at least 4 members (excludes halogenated alkanes) is 1. The molecular formula is C16H19FN4O. The van der Waals surface area contributed by atoms with Gasteiger partial charge in [-0.1, -0.05) is 31.5 Å². The van der Waals surface area contributed by atoms with Crippen LogP contribution in [0, 0.1) is 5.82 Å². The van der Waals surface area contributed by atoms with Crippen LogP contribution in [0.1, 0.15) is 35.7 Å². The summed E-state index contributed by atoms with van der Waals surface area (Å²) in [4.78, 5) is 19.9. The fourth-order valence-corrected chi connectivity index (χ4v) is 1.83. The van der Waals surface area contributed by atoms with Crippen molar-refractivity contribution in [2.24, 2.45) is 0 Å². The number of hydrogen-bond acceptors (Lipinski definition) is 4. The van der Waals surface area contributed by atoms with E-state index in [1.54, 1.807) is 18.2 Å². The van der Waals surface area contributed by atoms with Gasteiger partial charge in [-0.15, -0.1) is 0 Å². The molecule has 5 nitrogen and oxygen atoms in total. The van der Waals surface area contributed by atoms with Crippen LogP contribution in [0.25, 0.3) is 0 Å². The number of carbonyl (C=O) groups excluding carboxylic acids is 1. The van der Waals surface area contributed by atoms with E-state index in [9.17, 15) is 9.18 Å². The first-order valence-electron chi connectivity index (χ1n) is 7.28. The Morgan fingerprint density at radius 2 is 1.95 bits per heavy atom. The lowest BCUT2D eigenvalue weighted by Gasteiger charge is -2.07. The van der Waals surface area contributed by atoms with E-state index in [1.165, 1.54) is 18.5 Å². The summed E-state index contributed by atoms with van der Waals surface area (Å²) < 4.78 is 13.5. The highest BCUT2D eigenvalue weighted by Gasteiger charge is 2.07. The molecular weight excluding hydrogens is 283 g/mol. The second-order valence-corrected chi connectivity index (χ2v) is 4.85. The van der Waals surface area contributed by atoms with Gasteiger partial charge in [0.2, 0.25) is 5.95 Å². The van der Waals surface area contributed by atoms with Crippen LogP contribution in [0.5, 0.6) is 0 Å². The highest BCUT2D eigenvalue weighted by Crippen LogP contribution is 2.08. The number of benzene rings is 1. The third-order valence-electron chi connectivity index (χ3n) is 3.12. The Bertz CT molecular complexity index is 616. The maximum Gasteiger partial charge on any atom is 0.254 e. The number of aromatic nitrogens is 2. The number of amides is 1. The summed E-state index contributed by atoms with van der Waals surface area (Å²) in [5.41, 5.74) is 0.944. The number of carbonyl (C=O) groups is 1. The first-order valence-corrected chi connectivity index (χ1v) is 7.28. The van der Waals surface area contributed by atoms with Gasteiger partial charge in [0.05, 0.1) is 5.56 Å². The van der Waals surface area contributed by atoms with Crippen LogP contribution >= 0.6 is 0 Å². The fourth-order valence-electron chi connectivity index (χ4n) is 1.83. The van der Waals surface area contributed by atoms with Crippen LogP contribution in [0.3, 0.4) is 0 Å². The van der Waals surface area contributed by atoms with Crippen molar-refractivity contribution in [2.45, 2.75) is 26.3 Å². The van der Waals surface area contributed by atoms with Crippen molar-refractivity contribution in [3.63, 3.8) is 0 Å². The quantitative estimate of drug-likeness (QED) is 0.772. The van der Waals surface area contributed by atoms with Gasteiger partial charge in [0.1, 0.15) is 5.82 Å². The Balaban J connectivity index is 1.89. The molecule has 2 aromatic rings. The Hall–Kier alpha value is -2.50. The SMILES string of the molecule is CCCCNC(=O)c1cnc(NCc2ccccc2F)nc1. The predicted molar refractivity (Wildman–Crippen MR) is 83.0 cm³/mol. The van der Waals surface area contributed by atoms with Crippen LogP contribution in [0.2, 0.25) is 0 Å². The van der Waals surface area contributed by atoms with Crippen molar-refractivity contribution in [1.82, 2.24) is 15.3 Å². The van der Waals surface area contributed by atoms with Crippen LogP contribution < -0.4 is 10.6 Å². The Labute approximate surface area is 129 Å². The van der Waals surface area contributed by atoms with Crippen molar-refractivity contribution >= 4 is 11.9 Å². The third kappa shape index (κ3) is 4.51. The third-order valence-corrected chi connectivity index (χ3v) is 3.12. The summed E-state index contributed by atoms with van der Waals surface area (Å²) in [6, 6.07) is 6.51. The van der Waals surface area contributed by atoms with E-state index in [2.05, 4.69) is 27.5 Å². The van der Waals surface area contributed by atoms with Gasteiger partial charge in [0.15, 0.2) is 0 Å². The molecule has 0 spiro atoms. The average molecular weight is 302 g/mol. The Kier molecular flexibility index (Phi) is 5.82. The average Bonchev–Trinajstić information content (AvgIpc) is 2.55. The minimum absolute atomic E-state index is 0.186. The van der Waals surface area contributed by atoms with Gasteiger partial charge in [0.25, 0.3) is 5.91 Å². The van der Waals surface area contributed by atoms with E-state index in [1.807, 2.05) is 0 Å². The summed E-state index contributed by atoms with van der Waals surface area (Å²) in [6.07, 6.45) is 4.88. The normalized spacial score (nSPS) is 10.3. The van der Waals surface area contributed by atoms with Gasteiger partial charge in [0, 0.05) is 31.0 Å². The van der Waals surface area contributed by atoms with Crippen LogP contribution in [0.15, 0.2) is 36.7 Å². The molecule has 0 radical (unpaired) electrons. The number of nitrogens with zero attached hydrogens (tertiary/aromatic N) is 2. The second-order valence-electron chi connectivity index (χ2n) is 4.85. The van der Waals surface area contributed by atoms with Gasteiger partial charge in [-0.25, -0.2) is 14.4 Å². The maximum atomic E-state index is 13.5. The fraction of sp³-hybridized carbons (Fsp3) is 0.312. The number of nitrogens with one attached hydrogen (secondary N) is 2. The monoisotopic (exact) mass is 302 g/mol. The van der Waals surface area contributed by atoms with E-state index in [0.717, 1.165) is 12.8 Å². The van der Waals surface area contributed by atoms with Crippen LogP contribution in [-0.2, 0) is 6.54 Å². The lowest BCUT2D eigenvalue weighted by Crippen LogP contribution is -2.24. The van der Waals surface area contributed by atoms with E-state index >= 15 is 0 Å². The minimum atomic E-state index is -0.276. The summed E-state index contributed by atoms with van der Waals surface area (Å²) >= 11 is 0. The lowest BCUT2D eigenvalue weighted by molar-refractivity contribution is 0.0952. The molecule has 0 atom stereocenters. The van der Waals surface area contributed by atoms with Crippen molar-refractivity contribution in [2.75, 3.05) is 11.9 Å². The minimum Gasteiger partial charge on any atom is -0.352 e. The summed E-state index contributed by atoms with van der Waals surface area (Å²) in [6.45, 7) is 2.99. The first-order chi connectivity index (χ1) is 10.7. The number of rotatable bonds is 7.